The number of halogens is 3. The lowest BCUT2D eigenvalue weighted by Gasteiger charge is -2.12. The molecule has 0 spiro atoms. The number of ether oxygens (including phenoxy) is 3. The van der Waals surface area contributed by atoms with Crippen LogP contribution in [-0.4, -0.2) is 76.1 Å². The highest BCUT2D eigenvalue weighted by molar-refractivity contribution is 5.92. The number of nitrogens with two attached hydrogens (primary N) is 2. The van der Waals surface area contributed by atoms with E-state index in [2.05, 4.69) is 30.7 Å². The van der Waals surface area contributed by atoms with Gasteiger partial charge >= 0.3 is 5.97 Å². The Hall–Kier alpha value is -5.81. The SMILES string of the molecule is COc1cnc(-c2nn(Cc3c(F)cc(OCCOC(=O)CNC(=O)C(N)CCCCN)cc3F)c3ccccc23)nc1Nc1ccnc(F)c1. The van der Waals surface area contributed by atoms with Gasteiger partial charge in [0.2, 0.25) is 11.9 Å². The number of methoxy groups -OCH3 is 1. The van der Waals surface area contributed by atoms with Gasteiger partial charge in [-0.3, -0.25) is 14.3 Å². The molecule has 6 N–H and O–H groups in total. The summed E-state index contributed by atoms with van der Waals surface area (Å²) < 4.78 is 61.5. The van der Waals surface area contributed by atoms with E-state index in [-0.39, 0.29) is 55.0 Å². The van der Waals surface area contributed by atoms with Crippen LogP contribution in [0.25, 0.3) is 22.4 Å². The Morgan fingerprint density at radius 1 is 1.02 bits per heavy atom. The predicted molar refractivity (Wildman–Crippen MR) is 181 cm³/mol. The van der Waals surface area contributed by atoms with Gasteiger partial charge in [-0.2, -0.15) is 9.49 Å². The van der Waals surface area contributed by atoms with E-state index in [0.717, 1.165) is 18.6 Å². The second kappa shape index (κ2) is 17.2. The summed E-state index contributed by atoms with van der Waals surface area (Å²) in [4.78, 5) is 36.4. The van der Waals surface area contributed by atoms with Gasteiger partial charge in [-0.05, 0) is 31.5 Å². The van der Waals surface area contributed by atoms with E-state index >= 15 is 8.78 Å². The number of para-hydroxylation sites is 1. The summed E-state index contributed by atoms with van der Waals surface area (Å²) in [6, 6.07) is 11.1. The third kappa shape index (κ3) is 9.46. The number of fused-ring (bicyclic) bond motifs is 1. The Labute approximate surface area is 290 Å². The van der Waals surface area contributed by atoms with Crippen LogP contribution in [-0.2, 0) is 20.9 Å². The first-order chi connectivity index (χ1) is 24.7. The van der Waals surface area contributed by atoms with E-state index in [1.54, 1.807) is 30.3 Å². The van der Waals surface area contributed by atoms with Crippen LogP contribution < -0.4 is 31.6 Å². The standard InChI is InChI=1S/C34H36F3N9O5/c1-49-28-17-41-33(44-32(28)43-20-9-11-40-29(37)14-20)31-22-6-2-3-8-27(22)46(45-31)19-23-24(35)15-21(16-25(23)36)50-12-13-51-30(47)18-42-34(48)26(39)7-4-5-10-38/h2-3,6,8-9,11,14-17,26H,4-5,7,10,12-13,18-19,38-39H2,1H3,(H,42,48)(H,40,41,43,44). The van der Waals surface area contributed by atoms with Crippen molar-refractivity contribution in [3.8, 4) is 23.0 Å². The van der Waals surface area contributed by atoms with Crippen LogP contribution in [0.5, 0.6) is 11.5 Å². The lowest BCUT2D eigenvalue weighted by Crippen LogP contribution is -2.43. The van der Waals surface area contributed by atoms with Gasteiger partial charge < -0.3 is 36.3 Å². The Balaban J connectivity index is 1.23. The zero-order valence-electron chi connectivity index (χ0n) is 27.6. The normalized spacial score (nSPS) is 11.6. The van der Waals surface area contributed by atoms with Crippen molar-refractivity contribution in [2.45, 2.75) is 31.8 Å². The van der Waals surface area contributed by atoms with E-state index in [9.17, 15) is 14.0 Å². The predicted octanol–water partition coefficient (Wildman–Crippen LogP) is 3.60. The van der Waals surface area contributed by atoms with Gasteiger partial charge in [-0.25, -0.2) is 23.7 Å². The fourth-order valence-corrected chi connectivity index (χ4v) is 5.01. The molecule has 0 radical (unpaired) electrons. The average molecular weight is 708 g/mol. The third-order valence-corrected chi connectivity index (χ3v) is 7.58. The van der Waals surface area contributed by atoms with Gasteiger partial charge in [0.25, 0.3) is 0 Å². The molecule has 0 saturated heterocycles. The Morgan fingerprint density at radius 2 is 1.80 bits per heavy atom. The summed E-state index contributed by atoms with van der Waals surface area (Å²) in [6.07, 6.45) is 4.59. The molecule has 5 rings (SSSR count). The zero-order chi connectivity index (χ0) is 36.3. The number of hydrogen-bond donors (Lipinski definition) is 4. The highest BCUT2D eigenvalue weighted by Crippen LogP contribution is 2.32. The Morgan fingerprint density at radius 3 is 2.55 bits per heavy atom. The first-order valence-corrected chi connectivity index (χ1v) is 15.9. The summed E-state index contributed by atoms with van der Waals surface area (Å²) >= 11 is 0. The molecule has 0 fully saturated rings. The van der Waals surface area contributed by atoms with E-state index in [4.69, 9.17) is 25.7 Å². The van der Waals surface area contributed by atoms with Crippen molar-refractivity contribution in [1.29, 1.82) is 0 Å². The monoisotopic (exact) mass is 707 g/mol. The number of carbonyl (C=O) groups excluding carboxylic acids is 2. The van der Waals surface area contributed by atoms with Crippen LogP contribution >= 0.6 is 0 Å². The number of benzene rings is 2. The quantitative estimate of drug-likeness (QED) is 0.0624. The molecule has 14 nitrogen and oxygen atoms in total. The number of rotatable bonds is 17. The number of aromatic nitrogens is 5. The van der Waals surface area contributed by atoms with Gasteiger partial charge in [-0.15, -0.1) is 0 Å². The molecule has 2 aromatic carbocycles. The topological polar surface area (TPSA) is 194 Å². The maximum Gasteiger partial charge on any atom is 0.325 e. The maximum atomic E-state index is 15.3. The molecular formula is C34H36F3N9O5. The molecule has 0 aliphatic rings. The summed E-state index contributed by atoms with van der Waals surface area (Å²) in [5.74, 6) is -3.09. The van der Waals surface area contributed by atoms with E-state index in [0.29, 0.717) is 41.7 Å². The van der Waals surface area contributed by atoms with Crippen molar-refractivity contribution in [3.63, 3.8) is 0 Å². The van der Waals surface area contributed by atoms with Crippen LogP contribution in [0.4, 0.5) is 24.7 Å². The molecule has 1 amide bonds. The number of nitrogens with one attached hydrogen (secondary N) is 2. The molecule has 0 aliphatic heterocycles. The van der Waals surface area contributed by atoms with Gasteiger partial charge in [0, 0.05) is 41.0 Å². The molecular weight excluding hydrogens is 671 g/mol. The Bertz CT molecular complexity index is 1970. The lowest BCUT2D eigenvalue weighted by molar-refractivity contribution is -0.144. The molecule has 17 heteroatoms. The number of carbonyl (C=O) groups is 2. The molecule has 1 atom stereocenters. The minimum atomic E-state index is -0.884. The number of unbranched alkanes of at least 4 members (excludes halogenated alkanes) is 1. The molecule has 0 aliphatic carbocycles. The number of esters is 1. The van der Waals surface area contributed by atoms with Crippen LogP contribution in [0.3, 0.4) is 0 Å². The van der Waals surface area contributed by atoms with Crippen molar-refractivity contribution >= 4 is 34.3 Å². The van der Waals surface area contributed by atoms with Crippen molar-refractivity contribution in [2.24, 2.45) is 11.5 Å². The van der Waals surface area contributed by atoms with Crippen LogP contribution in [0.15, 0.2) is 60.9 Å². The van der Waals surface area contributed by atoms with Crippen molar-refractivity contribution in [2.75, 3.05) is 38.7 Å². The van der Waals surface area contributed by atoms with Crippen LogP contribution in [0, 0.1) is 17.6 Å². The van der Waals surface area contributed by atoms with Gasteiger partial charge in [0.15, 0.2) is 17.4 Å². The molecule has 51 heavy (non-hydrogen) atoms. The summed E-state index contributed by atoms with van der Waals surface area (Å²) in [7, 11) is 1.43. The highest BCUT2D eigenvalue weighted by Gasteiger charge is 2.20. The average Bonchev–Trinajstić information content (AvgIpc) is 3.49. The van der Waals surface area contributed by atoms with Crippen molar-refractivity contribution in [1.82, 2.24) is 30.0 Å². The largest absolute Gasteiger partial charge is 0.491 e. The number of anilines is 2. The number of pyridine rings is 1. The molecule has 3 heterocycles. The second-order valence-electron chi connectivity index (χ2n) is 11.2. The first kappa shape index (κ1) is 36.5. The van der Waals surface area contributed by atoms with Crippen LogP contribution in [0.1, 0.15) is 24.8 Å². The van der Waals surface area contributed by atoms with Gasteiger partial charge in [-0.1, -0.05) is 24.6 Å². The number of amides is 1. The van der Waals surface area contributed by atoms with E-state index < -0.39 is 35.5 Å². The van der Waals surface area contributed by atoms with E-state index in [1.807, 2.05) is 0 Å². The molecule has 5 aromatic rings. The molecule has 0 saturated carbocycles. The van der Waals surface area contributed by atoms with Crippen LogP contribution in [0.2, 0.25) is 0 Å². The minimum Gasteiger partial charge on any atom is -0.491 e. The highest BCUT2D eigenvalue weighted by atomic mass is 19.1. The zero-order valence-corrected chi connectivity index (χ0v) is 27.6. The lowest BCUT2D eigenvalue weighted by atomic mass is 10.1. The first-order valence-electron chi connectivity index (χ1n) is 15.9. The third-order valence-electron chi connectivity index (χ3n) is 7.58. The van der Waals surface area contributed by atoms with Gasteiger partial charge in [0.05, 0.1) is 31.4 Å². The van der Waals surface area contributed by atoms with Gasteiger partial charge in [0.1, 0.15) is 42.8 Å². The molecule has 1 unspecified atom stereocenters. The molecule has 268 valence electrons. The summed E-state index contributed by atoms with van der Waals surface area (Å²) in [5, 5.41) is 10.6. The maximum absolute atomic E-state index is 15.3. The minimum absolute atomic E-state index is 0.117. The smallest absolute Gasteiger partial charge is 0.325 e. The second-order valence-corrected chi connectivity index (χ2v) is 11.2. The molecule has 0 bridgehead atoms. The fraction of sp³-hybridized carbons (Fsp3) is 0.294. The van der Waals surface area contributed by atoms with E-state index in [1.165, 1.54) is 30.3 Å². The fourth-order valence-electron chi connectivity index (χ4n) is 5.01. The van der Waals surface area contributed by atoms with Crippen molar-refractivity contribution in [3.05, 3.63) is 84.1 Å². The number of hydrogen-bond acceptors (Lipinski definition) is 12. The summed E-state index contributed by atoms with van der Waals surface area (Å²) in [6.45, 7) is -0.595. The molecule has 3 aromatic heterocycles. The Kier molecular flexibility index (Phi) is 12.3. The number of nitrogens with zero attached hydrogens (tertiary/aromatic N) is 5. The van der Waals surface area contributed by atoms with Crippen molar-refractivity contribution < 1.29 is 37.0 Å². The summed E-state index contributed by atoms with van der Waals surface area (Å²) in [5.41, 5.74) is 12.2.